The van der Waals surface area contributed by atoms with Crippen molar-refractivity contribution in [2.24, 2.45) is 5.92 Å². The zero-order chi connectivity index (χ0) is 11.4. The molecule has 0 fully saturated rings. The number of rotatable bonds is 4. The minimum Gasteiger partial charge on any atom is -0.122 e. The summed E-state index contributed by atoms with van der Waals surface area (Å²) < 4.78 is 0. The highest BCUT2D eigenvalue weighted by Crippen LogP contribution is 2.22. The summed E-state index contributed by atoms with van der Waals surface area (Å²) in [5.41, 5.74) is 4.10. The van der Waals surface area contributed by atoms with Gasteiger partial charge in [0.05, 0.1) is 0 Å². The van der Waals surface area contributed by atoms with Crippen LogP contribution in [0.4, 0.5) is 0 Å². The van der Waals surface area contributed by atoms with E-state index in [2.05, 4.69) is 45.9 Å². The van der Waals surface area contributed by atoms with Crippen molar-refractivity contribution >= 4 is 11.6 Å². The molecule has 0 nitrogen and oxygen atoms in total. The fourth-order valence-electron chi connectivity index (χ4n) is 1.77. The number of hydrogen-bond acceptors (Lipinski definition) is 0. The minimum atomic E-state index is 0.583. The Hall–Kier alpha value is -0.490. The highest BCUT2D eigenvalue weighted by Gasteiger charge is 2.07. The summed E-state index contributed by atoms with van der Waals surface area (Å²) in [5, 5.41) is 0. The first kappa shape index (κ1) is 12.6. The molecule has 0 N–H and O–H groups in total. The summed E-state index contributed by atoms with van der Waals surface area (Å²) in [6.07, 6.45) is 1.13. The van der Waals surface area contributed by atoms with Gasteiger partial charge in [-0.1, -0.05) is 45.9 Å². The van der Waals surface area contributed by atoms with Crippen molar-refractivity contribution < 1.29 is 0 Å². The van der Waals surface area contributed by atoms with E-state index in [0.717, 1.165) is 6.42 Å². The molecular weight excluding hydrogens is 204 g/mol. The molecule has 0 unspecified atom stereocenters. The molecule has 15 heavy (non-hydrogen) atoms. The van der Waals surface area contributed by atoms with Gasteiger partial charge >= 0.3 is 0 Å². The molecule has 0 saturated carbocycles. The maximum Gasteiger partial charge on any atom is 0.0476 e. The Morgan fingerprint density at radius 2 is 1.73 bits per heavy atom. The van der Waals surface area contributed by atoms with Gasteiger partial charge < -0.3 is 0 Å². The predicted molar refractivity (Wildman–Crippen MR) is 68.6 cm³/mol. The average molecular weight is 225 g/mol. The zero-order valence-corrected chi connectivity index (χ0v) is 10.9. The van der Waals surface area contributed by atoms with Gasteiger partial charge in [-0.05, 0) is 34.9 Å². The second-order valence-corrected chi connectivity index (χ2v) is 5.18. The molecule has 0 saturated heterocycles. The summed E-state index contributed by atoms with van der Waals surface area (Å²) in [5.74, 6) is 1.90. The molecule has 0 atom stereocenters. The molecule has 0 aliphatic rings. The molecule has 0 spiro atoms. The molecular formula is C14H21Cl. The lowest BCUT2D eigenvalue weighted by molar-refractivity contribution is 0.644. The van der Waals surface area contributed by atoms with E-state index in [4.69, 9.17) is 11.6 Å². The van der Waals surface area contributed by atoms with Crippen LogP contribution in [0.5, 0.6) is 0 Å². The molecule has 1 aromatic carbocycles. The topological polar surface area (TPSA) is 0 Å². The quantitative estimate of drug-likeness (QED) is 0.648. The smallest absolute Gasteiger partial charge is 0.0476 e. The van der Waals surface area contributed by atoms with Gasteiger partial charge in [-0.15, -0.1) is 11.6 Å². The maximum absolute atomic E-state index is 5.99. The lowest BCUT2D eigenvalue weighted by Gasteiger charge is -2.13. The molecule has 0 amide bonds. The van der Waals surface area contributed by atoms with Crippen LogP contribution in [-0.2, 0) is 12.3 Å². The van der Waals surface area contributed by atoms with Gasteiger partial charge in [0.25, 0.3) is 0 Å². The van der Waals surface area contributed by atoms with E-state index in [0.29, 0.717) is 17.7 Å². The fourth-order valence-corrected chi connectivity index (χ4v) is 2.02. The van der Waals surface area contributed by atoms with E-state index in [9.17, 15) is 0 Å². The Bertz CT molecular complexity index is 313. The van der Waals surface area contributed by atoms with Crippen LogP contribution in [0, 0.1) is 5.92 Å². The Balaban J connectivity index is 2.98. The molecule has 1 heteroatoms. The van der Waals surface area contributed by atoms with Gasteiger partial charge in [-0.2, -0.15) is 0 Å². The third kappa shape index (κ3) is 3.53. The Morgan fingerprint density at radius 3 is 2.20 bits per heavy atom. The molecule has 1 aromatic rings. The van der Waals surface area contributed by atoms with Crippen molar-refractivity contribution in [2.45, 2.75) is 45.9 Å². The summed E-state index contributed by atoms with van der Waals surface area (Å²) in [4.78, 5) is 0. The van der Waals surface area contributed by atoms with Crippen LogP contribution in [-0.4, -0.2) is 0 Å². The van der Waals surface area contributed by atoms with Crippen molar-refractivity contribution in [2.75, 3.05) is 0 Å². The molecule has 0 aliphatic heterocycles. The van der Waals surface area contributed by atoms with Crippen LogP contribution in [0.1, 0.15) is 50.3 Å². The minimum absolute atomic E-state index is 0.583. The van der Waals surface area contributed by atoms with Crippen molar-refractivity contribution in [1.29, 1.82) is 0 Å². The molecule has 0 aromatic heterocycles. The van der Waals surface area contributed by atoms with Crippen molar-refractivity contribution in [3.63, 3.8) is 0 Å². The standard InChI is InChI=1S/C14H21Cl/c1-10(2)7-13-6-5-12(11(3)4)8-14(13)9-15/h5-6,8,10-11H,7,9H2,1-4H3. The number of alkyl halides is 1. The van der Waals surface area contributed by atoms with E-state index in [1.807, 2.05) is 0 Å². The number of hydrogen-bond donors (Lipinski definition) is 0. The van der Waals surface area contributed by atoms with Crippen molar-refractivity contribution in [3.8, 4) is 0 Å². The average Bonchev–Trinajstić information content (AvgIpc) is 2.17. The van der Waals surface area contributed by atoms with Gasteiger partial charge in [0.15, 0.2) is 0 Å². The van der Waals surface area contributed by atoms with Crippen LogP contribution >= 0.6 is 11.6 Å². The van der Waals surface area contributed by atoms with Gasteiger partial charge in [0.2, 0.25) is 0 Å². The Morgan fingerprint density at radius 1 is 1.07 bits per heavy atom. The zero-order valence-electron chi connectivity index (χ0n) is 10.2. The van der Waals surface area contributed by atoms with Crippen LogP contribution in [0.2, 0.25) is 0 Å². The van der Waals surface area contributed by atoms with E-state index in [1.54, 1.807) is 0 Å². The van der Waals surface area contributed by atoms with Crippen LogP contribution < -0.4 is 0 Å². The highest BCUT2D eigenvalue weighted by atomic mass is 35.5. The molecule has 0 bridgehead atoms. The molecule has 0 heterocycles. The first-order valence-corrected chi connectivity index (χ1v) is 6.25. The summed E-state index contributed by atoms with van der Waals surface area (Å²) in [6, 6.07) is 6.74. The Kier molecular flexibility index (Phi) is 4.66. The predicted octanol–water partition coefficient (Wildman–Crippen LogP) is 4.75. The van der Waals surface area contributed by atoms with Gasteiger partial charge in [-0.25, -0.2) is 0 Å². The molecule has 84 valence electrons. The SMILES string of the molecule is CC(C)Cc1ccc(C(C)C)cc1CCl. The lowest BCUT2D eigenvalue weighted by atomic mass is 9.94. The monoisotopic (exact) mass is 224 g/mol. The lowest BCUT2D eigenvalue weighted by Crippen LogP contribution is -2.00. The van der Waals surface area contributed by atoms with Crippen molar-refractivity contribution in [1.82, 2.24) is 0 Å². The summed E-state index contributed by atoms with van der Waals surface area (Å²) in [6.45, 7) is 8.92. The van der Waals surface area contributed by atoms with Crippen LogP contribution in [0.3, 0.4) is 0 Å². The fraction of sp³-hybridized carbons (Fsp3) is 0.571. The summed E-state index contributed by atoms with van der Waals surface area (Å²) >= 11 is 5.99. The third-order valence-corrected chi connectivity index (χ3v) is 2.96. The van der Waals surface area contributed by atoms with Crippen LogP contribution in [0.25, 0.3) is 0 Å². The maximum atomic E-state index is 5.99. The normalized spacial score (nSPS) is 11.4. The first-order valence-electron chi connectivity index (χ1n) is 5.72. The second-order valence-electron chi connectivity index (χ2n) is 4.91. The number of benzene rings is 1. The van der Waals surface area contributed by atoms with Gasteiger partial charge in [-0.3, -0.25) is 0 Å². The summed E-state index contributed by atoms with van der Waals surface area (Å²) in [7, 11) is 0. The first-order chi connectivity index (χ1) is 7.04. The van der Waals surface area contributed by atoms with E-state index in [-0.39, 0.29) is 0 Å². The highest BCUT2D eigenvalue weighted by molar-refractivity contribution is 6.17. The van der Waals surface area contributed by atoms with Crippen molar-refractivity contribution in [3.05, 3.63) is 34.9 Å². The van der Waals surface area contributed by atoms with Gasteiger partial charge in [0.1, 0.15) is 0 Å². The third-order valence-electron chi connectivity index (χ3n) is 2.67. The van der Waals surface area contributed by atoms with Crippen LogP contribution in [0.15, 0.2) is 18.2 Å². The number of halogens is 1. The Labute approximate surface area is 98.7 Å². The molecule has 0 aliphatic carbocycles. The van der Waals surface area contributed by atoms with E-state index in [1.165, 1.54) is 16.7 Å². The molecule has 1 rings (SSSR count). The molecule has 0 radical (unpaired) electrons. The second kappa shape index (κ2) is 5.55. The largest absolute Gasteiger partial charge is 0.122 e. The van der Waals surface area contributed by atoms with E-state index >= 15 is 0 Å². The van der Waals surface area contributed by atoms with E-state index < -0.39 is 0 Å². The van der Waals surface area contributed by atoms with Gasteiger partial charge in [0, 0.05) is 5.88 Å².